The van der Waals surface area contributed by atoms with Crippen LogP contribution in [0.25, 0.3) is 11.1 Å². The Kier molecular flexibility index (Phi) is 11.3. The third-order valence-electron chi connectivity index (χ3n) is 5.34. The Bertz CT molecular complexity index is 1890. The summed E-state index contributed by atoms with van der Waals surface area (Å²) in [6.07, 6.45) is 0. The highest BCUT2D eigenvalue weighted by Gasteiger charge is 2.16. The number of nitrogens with zero attached hydrogens (tertiary/aromatic N) is 2. The van der Waals surface area contributed by atoms with Crippen molar-refractivity contribution in [1.29, 1.82) is 0 Å². The Hall–Kier alpha value is -4.26. The van der Waals surface area contributed by atoms with Crippen molar-refractivity contribution in [2.24, 2.45) is 0 Å². The molecule has 0 radical (unpaired) electrons. The van der Waals surface area contributed by atoms with Gasteiger partial charge in [-0.2, -0.15) is 21.8 Å². The summed E-state index contributed by atoms with van der Waals surface area (Å²) in [6.45, 7) is 0.115. The van der Waals surface area contributed by atoms with Crippen molar-refractivity contribution >= 4 is 67.3 Å². The summed E-state index contributed by atoms with van der Waals surface area (Å²) in [5, 5.41) is 5.81. The van der Waals surface area contributed by atoms with Crippen LogP contribution in [0.3, 0.4) is 0 Å². The predicted octanol–water partition coefficient (Wildman–Crippen LogP) is 4.52. The minimum absolute atomic E-state index is 0.00230. The summed E-state index contributed by atoms with van der Waals surface area (Å²) in [5.74, 6) is 0.609. The van der Waals surface area contributed by atoms with E-state index in [0.29, 0.717) is 38.2 Å². The molecular weight excluding hydrogens is 666 g/mol. The third-order valence-corrected chi connectivity index (χ3v) is 6.89. The van der Waals surface area contributed by atoms with Gasteiger partial charge in [0.2, 0.25) is 5.95 Å². The maximum absolute atomic E-state index is 13.2. The summed E-state index contributed by atoms with van der Waals surface area (Å²) in [6, 6.07) is 16.2. The lowest BCUT2D eigenvalue weighted by Gasteiger charge is -2.14. The highest BCUT2D eigenvalue weighted by molar-refractivity contribution is 7.86. The zero-order valence-corrected chi connectivity index (χ0v) is 25.3. The van der Waals surface area contributed by atoms with Gasteiger partial charge in [0.15, 0.2) is 0 Å². The van der Waals surface area contributed by atoms with Gasteiger partial charge in [-0.05, 0) is 53.6 Å². The molecule has 234 valence electrons. The molecule has 0 saturated carbocycles. The van der Waals surface area contributed by atoms with Crippen molar-refractivity contribution < 1.29 is 39.4 Å². The third kappa shape index (κ3) is 10.8. The number of halogens is 3. The first-order valence-corrected chi connectivity index (χ1v) is 15.4. The average Bonchev–Trinajstić information content (AvgIpc) is 2.91. The number of ether oxygens (including phenoxy) is 1. The van der Waals surface area contributed by atoms with E-state index in [1.807, 2.05) is 0 Å². The molecule has 44 heavy (non-hydrogen) atoms. The molecule has 1 heterocycles. The van der Waals surface area contributed by atoms with Gasteiger partial charge in [0.05, 0.1) is 15.7 Å². The molecule has 19 heteroatoms. The van der Waals surface area contributed by atoms with Gasteiger partial charge in [-0.25, -0.2) is 9.78 Å². The molecule has 0 fully saturated rings. The zero-order valence-electron chi connectivity index (χ0n) is 22.1. The molecule has 0 unspecified atom stereocenters. The van der Waals surface area contributed by atoms with Gasteiger partial charge in [0.1, 0.15) is 23.1 Å². The Morgan fingerprint density at radius 3 is 2.27 bits per heavy atom. The van der Waals surface area contributed by atoms with Crippen molar-refractivity contribution in [2.75, 3.05) is 16.8 Å². The Morgan fingerprint density at radius 1 is 0.932 bits per heavy atom. The van der Waals surface area contributed by atoms with Crippen molar-refractivity contribution in [1.82, 2.24) is 15.3 Å². The van der Waals surface area contributed by atoms with E-state index in [4.69, 9.17) is 56.9 Å². The van der Waals surface area contributed by atoms with Crippen LogP contribution in [0.15, 0.2) is 71.6 Å². The fourth-order valence-electron chi connectivity index (χ4n) is 3.60. The van der Waals surface area contributed by atoms with Gasteiger partial charge < -0.3 is 26.8 Å². The first-order chi connectivity index (χ1) is 20.5. The smallest absolute Gasteiger partial charge is 0.394 e. The number of nitrogen functional groups attached to an aromatic ring is 2. The summed E-state index contributed by atoms with van der Waals surface area (Å²) >= 11 is 12.2. The van der Waals surface area contributed by atoms with Crippen LogP contribution in [0, 0.1) is 0 Å². The second-order valence-electron chi connectivity index (χ2n) is 8.57. The van der Waals surface area contributed by atoms with Crippen molar-refractivity contribution in [3.8, 4) is 16.9 Å². The molecule has 4 rings (SSSR count). The molecule has 4 aromatic rings. The fourth-order valence-corrected chi connectivity index (χ4v) is 4.40. The van der Waals surface area contributed by atoms with Gasteiger partial charge in [-0.3, -0.25) is 9.11 Å². The van der Waals surface area contributed by atoms with Crippen molar-refractivity contribution in [3.05, 3.63) is 88.0 Å². The normalized spacial score (nSPS) is 11.2. The monoisotopic (exact) mass is 688 g/mol. The van der Waals surface area contributed by atoms with Crippen LogP contribution in [0.5, 0.6) is 5.75 Å². The molecule has 0 saturated heterocycles. The van der Waals surface area contributed by atoms with Crippen molar-refractivity contribution in [3.63, 3.8) is 0 Å². The van der Waals surface area contributed by atoms with E-state index in [-0.39, 0.29) is 30.6 Å². The number of hydrogen-bond donors (Lipinski definition) is 6. The summed E-state index contributed by atoms with van der Waals surface area (Å²) in [5.41, 5.74) is 14.3. The van der Waals surface area contributed by atoms with Gasteiger partial charge in [-0.15, -0.1) is 3.89 Å². The Labute approximate surface area is 261 Å². The van der Waals surface area contributed by atoms with E-state index < -0.39 is 31.5 Å². The molecule has 0 aliphatic carbocycles. The standard InChI is InChI=1S/C25H21Cl2FN6O4S.H2O4S/c26-19-8-7-15(10-20(19)27)22-21(33-24(30)34-23(22)29)13-38-17-5-1-3-14(9-17)12-31-25(35)32-16-4-2-6-18(11-16)39(28,36)37;1-5(2,3)4/h1-11H,12-13H2,(H2,31,32,35)(H4,29,30,33,34);(H2,1,2,3,4). The van der Waals surface area contributed by atoms with Crippen LogP contribution < -0.4 is 26.8 Å². The van der Waals surface area contributed by atoms with Crippen molar-refractivity contribution in [2.45, 2.75) is 18.0 Å². The lowest BCUT2D eigenvalue weighted by atomic mass is 10.0. The number of anilines is 3. The van der Waals surface area contributed by atoms with Crippen LogP contribution in [0.2, 0.25) is 10.0 Å². The highest BCUT2D eigenvalue weighted by atomic mass is 35.5. The van der Waals surface area contributed by atoms with E-state index in [2.05, 4.69) is 20.6 Å². The predicted molar refractivity (Wildman–Crippen MR) is 162 cm³/mol. The number of hydrogen-bond acceptors (Lipinski definition) is 10. The Balaban J connectivity index is 0.000000978. The Morgan fingerprint density at radius 2 is 1.61 bits per heavy atom. The second-order valence-corrected chi connectivity index (χ2v) is 11.6. The molecule has 2 amide bonds. The van der Waals surface area contributed by atoms with Crippen LogP contribution >= 0.6 is 23.2 Å². The number of carbonyl (C=O) groups is 1. The first-order valence-electron chi connectivity index (χ1n) is 11.9. The number of benzene rings is 3. The number of carbonyl (C=O) groups excluding carboxylic acids is 1. The lowest BCUT2D eigenvalue weighted by molar-refractivity contribution is 0.251. The molecule has 0 aliphatic heterocycles. The van der Waals surface area contributed by atoms with E-state index in [1.54, 1.807) is 42.5 Å². The molecular formula is C25H23Cl2FN6O8S2. The van der Waals surface area contributed by atoms with Crippen LogP contribution in [0.4, 0.5) is 26.1 Å². The maximum atomic E-state index is 13.2. The lowest BCUT2D eigenvalue weighted by Crippen LogP contribution is -2.28. The largest absolute Gasteiger partial charge is 0.487 e. The van der Waals surface area contributed by atoms with E-state index in [9.17, 15) is 17.1 Å². The van der Waals surface area contributed by atoms with Gasteiger partial charge in [0, 0.05) is 17.8 Å². The number of nitrogens with one attached hydrogen (secondary N) is 2. The quantitative estimate of drug-likeness (QED) is 0.111. The van der Waals surface area contributed by atoms with E-state index in [0.717, 1.165) is 12.1 Å². The fraction of sp³-hybridized carbons (Fsp3) is 0.0800. The maximum Gasteiger partial charge on any atom is 0.394 e. The molecule has 8 N–H and O–H groups in total. The van der Waals surface area contributed by atoms with Crippen LogP contribution in [0.1, 0.15) is 11.3 Å². The molecule has 0 bridgehead atoms. The number of amides is 2. The summed E-state index contributed by atoms with van der Waals surface area (Å²) in [4.78, 5) is 20.0. The summed E-state index contributed by atoms with van der Waals surface area (Å²) < 4.78 is 72.8. The molecule has 0 spiro atoms. The number of rotatable bonds is 8. The molecule has 0 aliphatic rings. The van der Waals surface area contributed by atoms with Gasteiger partial charge >= 0.3 is 26.7 Å². The van der Waals surface area contributed by atoms with E-state index in [1.165, 1.54) is 12.1 Å². The average molecular weight is 690 g/mol. The van der Waals surface area contributed by atoms with E-state index >= 15 is 0 Å². The first kappa shape index (κ1) is 34.2. The zero-order chi connectivity index (χ0) is 32.7. The molecule has 1 aromatic heterocycles. The SMILES string of the molecule is Nc1nc(N)c(-c2ccc(Cl)c(Cl)c2)c(COc2cccc(CNC(=O)Nc3cccc(S(=O)(=O)F)c3)c2)n1.O=S(=O)(O)O. The van der Waals surface area contributed by atoms with Gasteiger partial charge in [0.25, 0.3) is 0 Å². The minimum atomic E-state index is -4.89. The number of nitrogens with two attached hydrogens (primary N) is 2. The number of urea groups is 1. The molecule has 14 nitrogen and oxygen atoms in total. The minimum Gasteiger partial charge on any atom is -0.487 e. The second kappa shape index (κ2) is 14.5. The summed E-state index contributed by atoms with van der Waals surface area (Å²) in [7, 11) is -9.56. The number of aromatic nitrogens is 2. The van der Waals surface area contributed by atoms with Crippen LogP contribution in [-0.2, 0) is 33.8 Å². The topological polar surface area (TPSA) is 237 Å². The van der Waals surface area contributed by atoms with Crippen LogP contribution in [-0.4, -0.2) is 41.9 Å². The molecule has 0 atom stereocenters. The molecule has 3 aromatic carbocycles. The highest BCUT2D eigenvalue weighted by Crippen LogP contribution is 2.33. The van der Waals surface area contributed by atoms with Gasteiger partial charge in [-0.1, -0.05) is 47.5 Å².